The lowest BCUT2D eigenvalue weighted by molar-refractivity contribution is -0.140. The van der Waals surface area contributed by atoms with Crippen molar-refractivity contribution in [3.05, 3.63) is 64.2 Å². The van der Waals surface area contributed by atoms with Gasteiger partial charge in [-0.05, 0) is 54.8 Å². The molecule has 1 aliphatic heterocycles. The molecule has 6 nitrogen and oxygen atoms in total. The number of aromatic hydroxyl groups is 1. The van der Waals surface area contributed by atoms with Crippen LogP contribution in [0.15, 0.2) is 48.0 Å². The number of phenolic OH excluding ortho intramolecular Hbond substituents is 1. The smallest absolute Gasteiger partial charge is 0.295 e. The van der Waals surface area contributed by atoms with E-state index in [1.807, 2.05) is 13.8 Å². The minimum Gasteiger partial charge on any atom is -0.507 e. The standard InChI is InChI=1S/C23H24ClNO5/c1-4-30-18-11-15(7-10-17(18)26)20-19(21(27)14-5-8-16(24)9-6-14)22(28)23(29)25(20)12-13(2)3/h5-11,13,20,26-27H,4,12H2,1-3H3. The first kappa shape index (κ1) is 21.7. The Morgan fingerprint density at radius 1 is 1.17 bits per heavy atom. The highest BCUT2D eigenvalue weighted by Crippen LogP contribution is 2.42. The fourth-order valence-corrected chi connectivity index (χ4v) is 3.67. The Morgan fingerprint density at radius 2 is 1.83 bits per heavy atom. The highest BCUT2D eigenvalue weighted by molar-refractivity contribution is 6.46. The van der Waals surface area contributed by atoms with Gasteiger partial charge in [-0.25, -0.2) is 0 Å². The van der Waals surface area contributed by atoms with Crippen LogP contribution in [-0.2, 0) is 9.59 Å². The highest BCUT2D eigenvalue weighted by Gasteiger charge is 2.46. The van der Waals surface area contributed by atoms with Crippen molar-refractivity contribution in [2.45, 2.75) is 26.8 Å². The zero-order valence-electron chi connectivity index (χ0n) is 17.1. The van der Waals surface area contributed by atoms with Crippen LogP contribution < -0.4 is 4.74 Å². The Morgan fingerprint density at radius 3 is 2.43 bits per heavy atom. The second kappa shape index (κ2) is 8.79. The molecule has 1 unspecified atom stereocenters. The number of amides is 1. The predicted octanol–water partition coefficient (Wildman–Crippen LogP) is 4.52. The zero-order chi connectivity index (χ0) is 22.0. The van der Waals surface area contributed by atoms with E-state index in [4.69, 9.17) is 16.3 Å². The van der Waals surface area contributed by atoms with Crippen LogP contribution in [0.1, 0.15) is 37.9 Å². The van der Waals surface area contributed by atoms with E-state index in [9.17, 15) is 19.8 Å². The summed E-state index contributed by atoms with van der Waals surface area (Å²) in [4.78, 5) is 27.2. The molecule has 0 aromatic heterocycles. The number of halogens is 1. The lowest BCUT2D eigenvalue weighted by atomic mass is 9.94. The Kier molecular flexibility index (Phi) is 6.37. The van der Waals surface area contributed by atoms with Crippen LogP contribution in [0.25, 0.3) is 5.76 Å². The van der Waals surface area contributed by atoms with Crippen molar-refractivity contribution in [3.63, 3.8) is 0 Å². The van der Waals surface area contributed by atoms with Gasteiger partial charge in [-0.15, -0.1) is 0 Å². The summed E-state index contributed by atoms with van der Waals surface area (Å²) in [6, 6.07) is 10.3. The van der Waals surface area contributed by atoms with Crippen LogP contribution >= 0.6 is 11.6 Å². The number of phenols is 1. The number of Topliss-reactive ketones (excluding diaryl/α,β-unsaturated/α-hetero) is 1. The van der Waals surface area contributed by atoms with Crippen molar-refractivity contribution < 1.29 is 24.5 Å². The van der Waals surface area contributed by atoms with Crippen molar-refractivity contribution >= 4 is 29.1 Å². The summed E-state index contributed by atoms with van der Waals surface area (Å²) in [5.74, 6) is -1.39. The van der Waals surface area contributed by atoms with Crippen molar-refractivity contribution in [1.82, 2.24) is 4.90 Å². The number of nitrogens with zero attached hydrogens (tertiary/aromatic N) is 1. The molecule has 0 radical (unpaired) electrons. The van der Waals surface area contributed by atoms with Crippen molar-refractivity contribution in [1.29, 1.82) is 0 Å². The fraction of sp³-hybridized carbons (Fsp3) is 0.304. The van der Waals surface area contributed by atoms with E-state index in [0.29, 0.717) is 29.3 Å². The van der Waals surface area contributed by atoms with Gasteiger partial charge in [0.25, 0.3) is 11.7 Å². The molecule has 30 heavy (non-hydrogen) atoms. The summed E-state index contributed by atoms with van der Waals surface area (Å²) >= 11 is 5.93. The van der Waals surface area contributed by atoms with Gasteiger partial charge in [0.05, 0.1) is 18.2 Å². The largest absolute Gasteiger partial charge is 0.507 e. The number of aliphatic hydroxyl groups is 1. The third kappa shape index (κ3) is 4.14. The van der Waals surface area contributed by atoms with Crippen LogP contribution in [0.4, 0.5) is 0 Å². The molecule has 0 spiro atoms. The third-order valence-corrected chi connectivity index (χ3v) is 5.07. The first-order valence-electron chi connectivity index (χ1n) is 9.74. The first-order chi connectivity index (χ1) is 14.2. The van der Waals surface area contributed by atoms with Gasteiger partial charge >= 0.3 is 0 Å². The van der Waals surface area contributed by atoms with Crippen molar-refractivity contribution in [2.24, 2.45) is 5.92 Å². The van der Waals surface area contributed by atoms with E-state index in [-0.39, 0.29) is 28.7 Å². The maximum Gasteiger partial charge on any atom is 0.295 e. The number of hydrogen-bond donors (Lipinski definition) is 2. The van der Waals surface area contributed by atoms with E-state index in [2.05, 4.69) is 0 Å². The van der Waals surface area contributed by atoms with Crippen molar-refractivity contribution in [3.8, 4) is 11.5 Å². The van der Waals surface area contributed by atoms with Gasteiger partial charge in [-0.1, -0.05) is 31.5 Å². The Labute approximate surface area is 180 Å². The molecule has 0 saturated carbocycles. The summed E-state index contributed by atoms with van der Waals surface area (Å²) in [5, 5.41) is 21.5. The number of ketones is 1. The molecule has 2 aromatic rings. The molecule has 1 fully saturated rings. The van der Waals surface area contributed by atoms with Gasteiger partial charge in [-0.2, -0.15) is 0 Å². The average Bonchev–Trinajstić information content (AvgIpc) is 2.94. The molecule has 1 aliphatic rings. The number of carbonyl (C=O) groups excluding carboxylic acids is 2. The SMILES string of the molecule is CCOc1cc(C2C(=C(O)c3ccc(Cl)cc3)C(=O)C(=O)N2CC(C)C)ccc1O. The number of ether oxygens (including phenoxy) is 1. The molecule has 0 bridgehead atoms. The molecule has 1 atom stereocenters. The van der Waals surface area contributed by atoms with Crippen molar-refractivity contribution in [2.75, 3.05) is 13.2 Å². The maximum atomic E-state index is 12.9. The highest BCUT2D eigenvalue weighted by atomic mass is 35.5. The topological polar surface area (TPSA) is 87.1 Å². The number of hydrogen-bond acceptors (Lipinski definition) is 5. The lowest BCUT2D eigenvalue weighted by Crippen LogP contribution is -2.33. The molecule has 1 saturated heterocycles. The maximum absolute atomic E-state index is 12.9. The second-order valence-electron chi connectivity index (χ2n) is 7.51. The average molecular weight is 430 g/mol. The quantitative estimate of drug-likeness (QED) is 0.400. The van der Waals surface area contributed by atoms with Gasteiger partial charge in [0, 0.05) is 17.1 Å². The minimum absolute atomic E-state index is 0.00360. The fourth-order valence-electron chi connectivity index (χ4n) is 3.54. The zero-order valence-corrected chi connectivity index (χ0v) is 17.8. The number of benzene rings is 2. The van der Waals surface area contributed by atoms with Crippen LogP contribution in [0.5, 0.6) is 11.5 Å². The molecule has 158 valence electrons. The molecule has 3 rings (SSSR count). The van der Waals surface area contributed by atoms with E-state index in [0.717, 1.165) is 0 Å². The second-order valence-corrected chi connectivity index (χ2v) is 7.95. The molecular formula is C23H24ClNO5. The molecule has 2 N–H and O–H groups in total. The normalized spacial score (nSPS) is 18.3. The number of likely N-dealkylation sites (tertiary alicyclic amines) is 1. The lowest BCUT2D eigenvalue weighted by Gasteiger charge is -2.27. The minimum atomic E-state index is -0.803. The molecular weight excluding hydrogens is 406 g/mol. The van der Waals surface area contributed by atoms with Crippen LogP contribution in [0.3, 0.4) is 0 Å². The molecule has 1 amide bonds. The Hall–Kier alpha value is -2.99. The van der Waals surface area contributed by atoms with E-state index >= 15 is 0 Å². The van der Waals surface area contributed by atoms with Crippen LogP contribution in [0.2, 0.25) is 5.02 Å². The molecule has 2 aromatic carbocycles. The van der Waals surface area contributed by atoms with E-state index in [1.54, 1.807) is 43.3 Å². The summed E-state index contributed by atoms with van der Waals surface area (Å²) in [7, 11) is 0. The summed E-state index contributed by atoms with van der Waals surface area (Å²) in [5.41, 5.74) is 0.943. The summed E-state index contributed by atoms with van der Waals surface area (Å²) in [6.07, 6.45) is 0. The Balaban J connectivity index is 2.20. The third-order valence-electron chi connectivity index (χ3n) is 4.82. The molecule has 1 heterocycles. The van der Waals surface area contributed by atoms with E-state index < -0.39 is 17.7 Å². The molecule has 0 aliphatic carbocycles. The number of aliphatic hydroxyl groups excluding tert-OH is 1. The summed E-state index contributed by atoms with van der Waals surface area (Å²) in [6.45, 7) is 6.35. The monoisotopic (exact) mass is 429 g/mol. The Bertz CT molecular complexity index is 997. The van der Waals surface area contributed by atoms with Crippen LogP contribution in [-0.4, -0.2) is 40.0 Å². The van der Waals surface area contributed by atoms with Crippen LogP contribution in [0, 0.1) is 5.92 Å². The summed E-state index contributed by atoms with van der Waals surface area (Å²) < 4.78 is 5.47. The number of rotatable bonds is 6. The molecule has 7 heteroatoms. The van der Waals surface area contributed by atoms with E-state index in [1.165, 1.54) is 11.0 Å². The number of carbonyl (C=O) groups is 2. The van der Waals surface area contributed by atoms with Gasteiger partial charge in [0.15, 0.2) is 11.5 Å². The van der Waals surface area contributed by atoms with Gasteiger partial charge in [0.1, 0.15) is 5.76 Å². The van der Waals surface area contributed by atoms with Gasteiger partial charge < -0.3 is 19.8 Å². The van der Waals surface area contributed by atoms with Gasteiger partial charge in [-0.3, -0.25) is 9.59 Å². The first-order valence-corrected chi connectivity index (χ1v) is 10.1. The van der Waals surface area contributed by atoms with Gasteiger partial charge in [0.2, 0.25) is 0 Å². The predicted molar refractivity (Wildman–Crippen MR) is 115 cm³/mol.